The lowest BCUT2D eigenvalue weighted by atomic mass is 9.85. The van der Waals surface area contributed by atoms with Crippen molar-refractivity contribution in [1.29, 1.82) is 0 Å². The highest BCUT2D eigenvalue weighted by molar-refractivity contribution is 6.07. The van der Waals surface area contributed by atoms with Crippen molar-refractivity contribution in [3.05, 3.63) is 29.3 Å². The zero-order chi connectivity index (χ0) is 13.7. The van der Waals surface area contributed by atoms with E-state index < -0.39 is 17.4 Å². The third kappa shape index (κ3) is 1.59. The molecule has 0 saturated heterocycles. The van der Waals surface area contributed by atoms with Gasteiger partial charge in [-0.15, -0.1) is 0 Å². The molecule has 1 unspecified atom stereocenters. The van der Waals surface area contributed by atoms with Crippen LogP contribution in [0.2, 0.25) is 0 Å². The molecule has 1 heterocycles. The average molecular weight is 248 g/mol. The van der Waals surface area contributed by atoms with Gasteiger partial charge in [0.25, 0.3) is 0 Å². The highest BCUT2D eigenvalue weighted by Crippen LogP contribution is 2.41. The molecule has 1 atom stereocenters. The Morgan fingerprint density at radius 2 is 2.06 bits per heavy atom. The number of nitrogens with two attached hydrogens (primary N) is 1. The second-order valence-corrected chi connectivity index (χ2v) is 5.08. The minimum atomic E-state index is -1.08. The maximum absolute atomic E-state index is 12.1. The van der Waals surface area contributed by atoms with Gasteiger partial charge in [0.05, 0.1) is 5.41 Å². The zero-order valence-corrected chi connectivity index (χ0v) is 10.6. The van der Waals surface area contributed by atoms with Crippen molar-refractivity contribution in [3.8, 4) is 0 Å². The maximum atomic E-state index is 12.1. The minimum absolute atomic E-state index is 0.00135. The van der Waals surface area contributed by atoms with Crippen molar-refractivity contribution in [2.45, 2.75) is 25.3 Å². The minimum Gasteiger partial charge on any atom is -0.480 e. The van der Waals surface area contributed by atoms with Gasteiger partial charge in [-0.25, -0.2) is 0 Å². The summed E-state index contributed by atoms with van der Waals surface area (Å²) in [7, 11) is 1.71. The smallest absolute Gasteiger partial charge is 0.325 e. The van der Waals surface area contributed by atoms with E-state index in [1.807, 2.05) is 13.8 Å². The molecule has 5 nitrogen and oxygen atoms in total. The summed E-state index contributed by atoms with van der Waals surface area (Å²) in [5, 5.41) is 8.92. The third-order valence-corrected chi connectivity index (χ3v) is 3.52. The third-order valence-electron chi connectivity index (χ3n) is 3.52. The van der Waals surface area contributed by atoms with Crippen LogP contribution in [-0.2, 0) is 15.0 Å². The number of carboxylic acid groups (broad SMARTS) is 1. The molecule has 1 aliphatic rings. The molecule has 1 amide bonds. The standard InChI is InChI=1S/C13H16N2O3/c1-13(2)8-6-7(10(14)11(16)17)4-5-9(8)15(3)12(13)18/h4-6,10H,14H2,1-3H3,(H,16,17). The van der Waals surface area contributed by atoms with E-state index in [4.69, 9.17) is 10.8 Å². The van der Waals surface area contributed by atoms with Gasteiger partial charge >= 0.3 is 5.97 Å². The molecule has 0 aliphatic carbocycles. The highest BCUT2D eigenvalue weighted by Gasteiger charge is 2.42. The monoisotopic (exact) mass is 248 g/mol. The van der Waals surface area contributed by atoms with Gasteiger partial charge in [-0.2, -0.15) is 0 Å². The summed E-state index contributed by atoms with van der Waals surface area (Å²) in [4.78, 5) is 24.6. The molecule has 1 aromatic carbocycles. The van der Waals surface area contributed by atoms with E-state index in [2.05, 4.69) is 0 Å². The number of nitrogens with zero attached hydrogens (tertiary/aromatic N) is 1. The summed E-state index contributed by atoms with van der Waals surface area (Å²) >= 11 is 0. The molecule has 0 saturated carbocycles. The molecular formula is C13H16N2O3. The second kappa shape index (κ2) is 3.81. The summed E-state index contributed by atoms with van der Waals surface area (Å²) < 4.78 is 0. The molecule has 0 aromatic heterocycles. The van der Waals surface area contributed by atoms with E-state index in [1.54, 1.807) is 30.1 Å². The Balaban J connectivity index is 2.55. The van der Waals surface area contributed by atoms with Crippen molar-refractivity contribution in [2.75, 3.05) is 11.9 Å². The van der Waals surface area contributed by atoms with Crippen molar-refractivity contribution < 1.29 is 14.7 Å². The normalized spacial score (nSPS) is 18.7. The van der Waals surface area contributed by atoms with Crippen molar-refractivity contribution in [3.63, 3.8) is 0 Å². The van der Waals surface area contributed by atoms with Gasteiger partial charge in [0.2, 0.25) is 5.91 Å². The van der Waals surface area contributed by atoms with Crippen LogP contribution < -0.4 is 10.6 Å². The summed E-state index contributed by atoms with van der Waals surface area (Å²) in [5.74, 6) is -1.08. The molecule has 96 valence electrons. The van der Waals surface area contributed by atoms with Crippen LogP contribution in [0.5, 0.6) is 0 Å². The van der Waals surface area contributed by atoms with E-state index in [0.29, 0.717) is 5.56 Å². The molecule has 0 fully saturated rings. The molecule has 3 N–H and O–H groups in total. The Morgan fingerprint density at radius 3 is 2.61 bits per heavy atom. The molecule has 5 heteroatoms. The molecular weight excluding hydrogens is 232 g/mol. The lowest BCUT2D eigenvalue weighted by Gasteiger charge is -2.17. The van der Waals surface area contributed by atoms with E-state index in [-0.39, 0.29) is 5.91 Å². The molecule has 0 spiro atoms. The van der Waals surface area contributed by atoms with Crippen LogP contribution >= 0.6 is 0 Å². The molecule has 1 aliphatic heterocycles. The quantitative estimate of drug-likeness (QED) is 0.818. The number of benzene rings is 1. The number of amides is 1. The SMILES string of the molecule is CN1C(=O)C(C)(C)c2cc(C(N)C(=O)O)ccc21. The number of hydrogen-bond acceptors (Lipinski definition) is 3. The number of fused-ring (bicyclic) bond motifs is 1. The second-order valence-electron chi connectivity index (χ2n) is 5.08. The molecule has 0 bridgehead atoms. The predicted octanol–water partition coefficient (Wildman–Crippen LogP) is 1.02. The first-order chi connectivity index (χ1) is 8.26. The van der Waals surface area contributed by atoms with Gasteiger partial charge in [0.15, 0.2) is 0 Å². The zero-order valence-electron chi connectivity index (χ0n) is 10.6. The lowest BCUT2D eigenvalue weighted by molar-refractivity contribution is -0.138. The molecule has 1 aromatic rings. The van der Waals surface area contributed by atoms with Crippen LogP contribution in [0.4, 0.5) is 5.69 Å². The Hall–Kier alpha value is -1.88. The van der Waals surface area contributed by atoms with Crippen LogP contribution in [-0.4, -0.2) is 24.0 Å². The van der Waals surface area contributed by atoms with Gasteiger partial charge < -0.3 is 15.7 Å². The number of carboxylic acids is 1. The molecule has 0 radical (unpaired) electrons. The predicted molar refractivity (Wildman–Crippen MR) is 67.4 cm³/mol. The number of rotatable bonds is 2. The Bertz CT molecular complexity index is 537. The lowest BCUT2D eigenvalue weighted by Crippen LogP contribution is -2.33. The van der Waals surface area contributed by atoms with Gasteiger partial charge in [0.1, 0.15) is 6.04 Å². The first-order valence-corrected chi connectivity index (χ1v) is 5.67. The van der Waals surface area contributed by atoms with Crippen LogP contribution in [0.1, 0.15) is 31.0 Å². The molecule has 18 heavy (non-hydrogen) atoms. The van der Waals surface area contributed by atoms with Gasteiger partial charge in [-0.05, 0) is 31.0 Å². The number of likely N-dealkylation sites (N-methyl/N-ethyl adjacent to an activating group) is 1. The summed E-state index contributed by atoms with van der Waals surface area (Å²) in [6, 6.07) is 4.06. The first kappa shape index (κ1) is 12.6. The summed E-state index contributed by atoms with van der Waals surface area (Å²) in [5.41, 5.74) is 7.10. The number of carbonyl (C=O) groups is 2. The van der Waals surface area contributed by atoms with Gasteiger partial charge in [-0.3, -0.25) is 9.59 Å². The van der Waals surface area contributed by atoms with Crippen LogP contribution in [0.15, 0.2) is 18.2 Å². The Morgan fingerprint density at radius 1 is 1.44 bits per heavy atom. The van der Waals surface area contributed by atoms with E-state index in [0.717, 1.165) is 11.3 Å². The van der Waals surface area contributed by atoms with Gasteiger partial charge in [0, 0.05) is 12.7 Å². The first-order valence-electron chi connectivity index (χ1n) is 5.67. The fraction of sp³-hybridized carbons (Fsp3) is 0.385. The number of aliphatic carboxylic acids is 1. The largest absolute Gasteiger partial charge is 0.480 e. The topological polar surface area (TPSA) is 83.6 Å². The van der Waals surface area contributed by atoms with E-state index in [1.165, 1.54) is 0 Å². The fourth-order valence-electron chi connectivity index (χ4n) is 2.33. The van der Waals surface area contributed by atoms with Crippen molar-refractivity contribution in [2.24, 2.45) is 5.73 Å². The number of hydrogen-bond donors (Lipinski definition) is 2. The van der Waals surface area contributed by atoms with E-state index in [9.17, 15) is 9.59 Å². The maximum Gasteiger partial charge on any atom is 0.325 e. The van der Waals surface area contributed by atoms with Crippen molar-refractivity contribution >= 4 is 17.6 Å². The Labute approximate surface area is 105 Å². The van der Waals surface area contributed by atoms with E-state index >= 15 is 0 Å². The summed E-state index contributed by atoms with van der Waals surface area (Å²) in [6.45, 7) is 3.65. The van der Waals surface area contributed by atoms with Crippen LogP contribution in [0.3, 0.4) is 0 Å². The van der Waals surface area contributed by atoms with Crippen LogP contribution in [0, 0.1) is 0 Å². The highest BCUT2D eigenvalue weighted by atomic mass is 16.4. The van der Waals surface area contributed by atoms with Crippen LogP contribution in [0.25, 0.3) is 0 Å². The molecule has 2 rings (SSSR count). The fourth-order valence-corrected chi connectivity index (χ4v) is 2.33. The number of carbonyl (C=O) groups excluding carboxylic acids is 1. The van der Waals surface area contributed by atoms with Crippen molar-refractivity contribution in [1.82, 2.24) is 0 Å². The number of anilines is 1. The average Bonchev–Trinajstić information content (AvgIpc) is 2.50. The summed E-state index contributed by atoms with van der Waals surface area (Å²) in [6.07, 6.45) is 0. The Kier molecular flexibility index (Phi) is 2.66. The van der Waals surface area contributed by atoms with Gasteiger partial charge in [-0.1, -0.05) is 12.1 Å².